The molecule has 0 atom stereocenters. The molecule has 4 aromatic rings. The number of halogens is 2. The fourth-order valence-corrected chi connectivity index (χ4v) is 2.77. The highest BCUT2D eigenvalue weighted by Crippen LogP contribution is 2.27. The van der Waals surface area contributed by atoms with Gasteiger partial charge >= 0.3 is 0 Å². The highest BCUT2D eigenvalue weighted by atomic mass is 19.1. The maximum atomic E-state index is 14.0. The molecule has 3 heterocycles. The number of hydrogen-bond donors (Lipinski definition) is 2. The van der Waals surface area contributed by atoms with Gasteiger partial charge in [0, 0.05) is 40.7 Å². The number of nitrogens with one attached hydrogen (secondary N) is 1. The van der Waals surface area contributed by atoms with Gasteiger partial charge in [0.1, 0.15) is 23.1 Å². The number of H-pyrrole nitrogens is 1. The van der Waals surface area contributed by atoms with Gasteiger partial charge in [-0.3, -0.25) is 4.79 Å². The van der Waals surface area contributed by atoms with Crippen LogP contribution in [-0.4, -0.2) is 20.7 Å². The largest absolute Gasteiger partial charge is 0.384 e. The van der Waals surface area contributed by atoms with Crippen LogP contribution in [0, 0.1) is 11.6 Å². The van der Waals surface area contributed by atoms with Crippen molar-refractivity contribution >= 4 is 22.6 Å². The summed E-state index contributed by atoms with van der Waals surface area (Å²) in [7, 11) is 0. The van der Waals surface area contributed by atoms with Crippen molar-refractivity contribution in [2.75, 3.05) is 5.73 Å². The van der Waals surface area contributed by atoms with E-state index in [1.54, 1.807) is 30.6 Å². The Morgan fingerprint density at radius 2 is 1.73 bits per heavy atom. The van der Waals surface area contributed by atoms with Gasteiger partial charge in [-0.25, -0.2) is 18.7 Å². The number of aromatic amines is 1. The lowest BCUT2D eigenvalue weighted by molar-refractivity contribution is 0.103. The van der Waals surface area contributed by atoms with E-state index in [1.807, 2.05) is 0 Å². The predicted molar refractivity (Wildman–Crippen MR) is 93.5 cm³/mol. The second-order valence-electron chi connectivity index (χ2n) is 5.72. The maximum absolute atomic E-state index is 14.0. The molecule has 0 radical (unpaired) electrons. The lowest BCUT2D eigenvalue weighted by atomic mass is 10.0. The molecule has 0 aliphatic carbocycles. The lowest BCUT2D eigenvalue weighted by Crippen LogP contribution is -2.07. The number of pyridine rings is 2. The van der Waals surface area contributed by atoms with Crippen molar-refractivity contribution in [1.29, 1.82) is 0 Å². The molecule has 0 amide bonds. The molecular weight excluding hydrogens is 338 g/mol. The molecule has 3 aromatic heterocycles. The van der Waals surface area contributed by atoms with Crippen molar-refractivity contribution in [3.8, 4) is 11.1 Å². The smallest absolute Gasteiger partial charge is 0.201 e. The number of hydrogen-bond acceptors (Lipinski definition) is 4. The summed E-state index contributed by atoms with van der Waals surface area (Å²) >= 11 is 0. The van der Waals surface area contributed by atoms with E-state index in [0.29, 0.717) is 22.4 Å². The maximum Gasteiger partial charge on any atom is 0.201 e. The quantitative estimate of drug-likeness (QED) is 0.552. The van der Waals surface area contributed by atoms with Crippen LogP contribution >= 0.6 is 0 Å². The molecule has 7 heteroatoms. The van der Waals surface area contributed by atoms with E-state index in [9.17, 15) is 13.6 Å². The van der Waals surface area contributed by atoms with Crippen LogP contribution in [0.3, 0.4) is 0 Å². The Labute approximate surface area is 146 Å². The number of nitrogen functional groups attached to an aromatic ring is 1. The Balaban J connectivity index is 1.85. The Morgan fingerprint density at radius 1 is 1.00 bits per heavy atom. The second-order valence-corrected chi connectivity index (χ2v) is 5.72. The third kappa shape index (κ3) is 2.59. The first-order valence-corrected chi connectivity index (χ1v) is 7.72. The number of carbonyl (C=O) groups is 1. The first kappa shape index (κ1) is 15.9. The van der Waals surface area contributed by atoms with E-state index in [-0.39, 0.29) is 5.56 Å². The van der Waals surface area contributed by atoms with Crippen LogP contribution in [0.15, 0.2) is 55.0 Å². The zero-order valence-corrected chi connectivity index (χ0v) is 13.3. The van der Waals surface area contributed by atoms with Crippen LogP contribution < -0.4 is 5.73 Å². The number of ketones is 1. The number of carbonyl (C=O) groups excluding carboxylic acids is 1. The van der Waals surface area contributed by atoms with E-state index in [0.717, 1.165) is 17.7 Å². The summed E-state index contributed by atoms with van der Waals surface area (Å²) in [6.45, 7) is 0. The zero-order chi connectivity index (χ0) is 18.3. The molecule has 0 aliphatic rings. The summed E-state index contributed by atoms with van der Waals surface area (Å²) in [5.74, 6) is -2.18. The Bertz CT molecular complexity index is 1120. The van der Waals surface area contributed by atoms with Gasteiger partial charge in [0.15, 0.2) is 0 Å². The monoisotopic (exact) mass is 350 g/mol. The Morgan fingerprint density at radius 3 is 2.42 bits per heavy atom. The van der Waals surface area contributed by atoms with Crippen molar-refractivity contribution in [2.45, 2.75) is 0 Å². The van der Waals surface area contributed by atoms with Crippen molar-refractivity contribution in [3.05, 3.63) is 77.8 Å². The minimum absolute atomic E-state index is 0.141. The number of aromatic nitrogens is 3. The second kappa shape index (κ2) is 6.03. The fraction of sp³-hybridized carbons (Fsp3) is 0. The molecule has 0 saturated heterocycles. The molecule has 0 bridgehead atoms. The summed E-state index contributed by atoms with van der Waals surface area (Å²) < 4.78 is 27.9. The van der Waals surface area contributed by atoms with Gasteiger partial charge in [-0.1, -0.05) is 6.07 Å². The van der Waals surface area contributed by atoms with Gasteiger partial charge in [-0.15, -0.1) is 0 Å². The summed E-state index contributed by atoms with van der Waals surface area (Å²) in [6, 6.07) is 8.46. The van der Waals surface area contributed by atoms with Crippen molar-refractivity contribution in [3.63, 3.8) is 0 Å². The minimum Gasteiger partial charge on any atom is -0.384 e. The van der Waals surface area contributed by atoms with Crippen LogP contribution in [0.5, 0.6) is 0 Å². The summed E-state index contributed by atoms with van der Waals surface area (Å²) in [5, 5.41) is 0.465. The first-order chi connectivity index (χ1) is 12.5. The van der Waals surface area contributed by atoms with Crippen LogP contribution in [0.2, 0.25) is 0 Å². The average Bonchev–Trinajstić information content (AvgIpc) is 3.05. The van der Waals surface area contributed by atoms with Gasteiger partial charge in [0.2, 0.25) is 5.78 Å². The van der Waals surface area contributed by atoms with Gasteiger partial charge in [0.05, 0.1) is 5.56 Å². The summed E-state index contributed by atoms with van der Waals surface area (Å²) in [5.41, 5.74) is 7.04. The topological polar surface area (TPSA) is 84.7 Å². The van der Waals surface area contributed by atoms with Crippen LogP contribution in [0.4, 0.5) is 14.6 Å². The molecule has 128 valence electrons. The highest BCUT2D eigenvalue weighted by Gasteiger charge is 2.22. The van der Waals surface area contributed by atoms with E-state index in [2.05, 4.69) is 15.0 Å². The van der Waals surface area contributed by atoms with Crippen molar-refractivity contribution in [2.24, 2.45) is 0 Å². The van der Waals surface area contributed by atoms with Crippen LogP contribution in [0.1, 0.15) is 15.9 Å². The number of benzene rings is 1. The van der Waals surface area contributed by atoms with Crippen LogP contribution in [0.25, 0.3) is 22.2 Å². The first-order valence-electron chi connectivity index (χ1n) is 7.72. The number of nitrogens with zero attached hydrogens (tertiary/aromatic N) is 2. The predicted octanol–water partition coefficient (Wildman–Crippen LogP) is 3.72. The van der Waals surface area contributed by atoms with Gasteiger partial charge in [0.25, 0.3) is 0 Å². The Hall–Kier alpha value is -3.61. The van der Waals surface area contributed by atoms with Crippen molar-refractivity contribution < 1.29 is 13.6 Å². The molecule has 4 rings (SSSR count). The van der Waals surface area contributed by atoms with Gasteiger partial charge < -0.3 is 10.7 Å². The molecule has 1 aromatic carbocycles. The molecular formula is C19H12F2N4O. The lowest BCUT2D eigenvalue weighted by Gasteiger charge is -2.05. The molecule has 5 nitrogen and oxygen atoms in total. The molecule has 0 unspecified atom stereocenters. The third-order valence-corrected chi connectivity index (χ3v) is 4.09. The molecule has 0 saturated carbocycles. The highest BCUT2D eigenvalue weighted by molar-refractivity contribution is 6.16. The Kier molecular flexibility index (Phi) is 3.69. The number of fused-ring (bicyclic) bond motifs is 1. The fourth-order valence-electron chi connectivity index (χ4n) is 2.77. The SMILES string of the molecule is Nc1ccc(-c2cnc3[nH]cc(C(=O)c4c(F)cccc4F)c3c2)cn1. The molecule has 0 spiro atoms. The van der Waals surface area contributed by atoms with E-state index in [1.165, 1.54) is 12.3 Å². The van der Waals surface area contributed by atoms with Gasteiger partial charge in [-0.05, 0) is 30.3 Å². The normalized spacial score (nSPS) is 11.0. The standard InChI is InChI=1S/C19H12F2N4O/c20-14-2-1-3-15(21)17(14)18(26)13-9-25-19-12(13)6-11(8-24-19)10-4-5-16(22)23-7-10/h1-9H,(H2,22,23)(H,24,25). The number of rotatable bonds is 3. The number of anilines is 1. The van der Waals surface area contributed by atoms with Crippen LogP contribution in [-0.2, 0) is 0 Å². The third-order valence-electron chi connectivity index (χ3n) is 4.09. The zero-order valence-electron chi connectivity index (χ0n) is 13.3. The number of nitrogens with two attached hydrogens (primary N) is 1. The van der Waals surface area contributed by atoms with E-state index < -0.39 is 23.0 Å². The van der Waals surface area contributed by atoms with E-state index >= 15 is 0 Å². The summed E-state index contributed by atoms with van der Waals surface area (Å²) in [4.78, 5) is 23.8. The molecule has 26 heavy (non-hydrogen) atoms. The molecule has 3 N–H and O–H groups in total. The van der Waals surface area contributed by atoms with E-state index in [4.69, 9.17) is 5.73 Å². The molecule has 0 aliphatic heterocycles. The molecule has 0 fully saturated rings. The average molecular weight is 350 g/mol. The van der Waals surface area contributed by atoms with Crippen molar-refractivity contribution in [1.82, 2.24) is 15.0 Å². The minimum atomic E-state index is -0.906. The van der Waals surface area contributed by atoms with Gasteiger partial charge in [-0.2, -0.15) is 0 Å². The summed E-state index contributed by atoms with van der Waals surface area (Å²) in [6.07, 6.45) is 4.60.